The number of nitrogens with zero attached hydrogens (tertiary/aromatic N) is 4. The molecule has 0 N–H and O–H groups in total. The number of hydrogen-bond acceptors (Lipinski definition) is 5. The van der Waals surface area contributed by atoms with Gasteiger partial charge in [-0.05, 0) is 25.5 Å². The van der Waals surface area contributed by atoms with Crippen LogP contribution in [0.4, 0.5) is 0 Å². The quantitative estimate of drug-likeness (QED) is 0.495. The van der Waals surface area contributed by atoms with E-state index in [4.69, 9.17) is 11.6 Å². The van der Waals surface area contributed by atoms with Crippen molar-refractivity contribution in [2.75, 3.05) is 18.8 Å². The topological polar surface area (TPSA) is 68.1 Å². The van der Waals surface area contributed by atoms with E-state index in [1.54, 1.807) is 18.2 Å². The molecule has 0 amide bonds. The molecule has 0 saturated heterocycles. The summed E-state index contributed by atoms with van der Waals surface area (Å²) in [5.41, 5.74) is 0.720. The van der Waals surface area contributed by atoms with Crippen molar-refractivity contribution in [1.82, 2.24) is 19.1 Å². The van der Waals surface area contributed by atoms with E-state index in [0.717, 1.165) is 17.1 Å². The molecule has 9 heteroatoms. The summed E-state index contributed by atoms with van der Waals surface area (Å²) in [5, 5.41) is 9.94. The van der Waals surface area contributed by atoms with E-state index in [1.807, 2.05) is 24.5 Å². The van der Waals surface area contributed by atoms with E-state index in [1.165, 1.54) is 16.1 Å². The van der Waals surface area contributed by atoms with E-state index in [-0.39, 0.29) is 10.9 Å². The Morgan fingerprint density at radius 3 is 2.54 bits per heavy atom. The Labute approximate surface area is 177 Å². The first kappa shape index (κ1) is 22.9. The van der Waals surface area contributed by atoms with Gasteiger partial charge >= 0.3 is 0 Å². The van der Waals surface area contributed by atoms with Gasteiger partial charge in [-0.2, -0.15) is 4.31 Å². The summed E-state index contributed by atoms with van der Waals surface area (Å²) in [6.45, 7) is 12.4. The Kier molecular flexibility index (Phi) is 8.12. The maximum absolute atomic E-state index is 12.9. The third-order valence-electron chi connectivity index (χ3n) is 4.49. The lowest BCUT2D eigenvalue weighted by molar-refractivity contribution is 0.445. The molecule has 1 aromatic heterocycles. The van der Waals surface area contributed by atoms with Crippen LogP contribution in [0.5, 0.6) is 0 Å². The standard InChI is InChI=1S/C19H27ClN4O2S2/c1-6-15(5)24-18(21-22-19(24)27-13-14(4)20)16-10-9-11-17(12-16)28(25,26)23(7-2)8-3/h9-12,15H,4,6-8,13H2,1-3,5H3. The average molecular weight is 443 g/mol. The van der Waals surface area contributed by atoms with Gasteiger partial charge in [-0.15, -0.1) is 10.2 Å². The van der Waals surface area contributed by atoms with Crippen LogP contribution in [-0.4, -0.2) is 46.3 Å². The van der Waals surface area contributed by atoms with E-state index in [0.29, 0.717) is 29.7 Å². The lowest BCUT2D eigenvalue weighted by atomic mass is 10.2. The Hall–Kier alpha value is -1.35. The lowest BCUT2D eigenvalue weighted by Crippen LogP contribution is -2.30. The predicted molar refractivity (Wildman–Crippen MR) is 116 cm³/mol. The van der Waals surface area contributed by atoms with Gasteiger partial charge in [-0.25, -0.2) is 8.42 Å². The molecule has 0 aliphatic rings. The highest BCUT2D eigenvalue weighted by molar-refractivity contribution is 7.99. The fourth-order valence-corrected chi connectivity index (χ4v) is 5.26. The van der Waals surface area contributed by atoms with Crippen LogP contribution >= 0.6 is 23.4 Å². The summed E-state index contributed by atoms with van der Waals surface area (Å²) in [6, 6.07) is 7.05. The molecule has 0 aliphatic heterocycles. The smallest absolute Gasteiger partial charge is 0.243 e. The molecule has 1 atom stereocenters. The second-order valence-electron chi connectivity index (χ2n) is 6.36. The highest BCUT2D eigenvalue weighted by Gasteiger charge is 2.24. The van der Waals surface area contributed by atoms with Crippen molar-refractivity contribution < 1.29 is 8.42 Å². The monoisotopic (exact) mass is 442 g/mol. The summed E-state index contributed by atoms with van der Waals surface area (Å²) in [7, 11) is -3.54. The van der Waals surface area contributed by atoms with Crippen LogP contribution in [0.15, 0.2) is 45.9 Å². The molecule has 0 radical (unpaired) electrons. The Morgan fingerprint density at radius 1 is 1.29 bits per heavy atom. The number of sulfonamides is 1. The molecule has 0 fully saturated rings. The first-order chi connectivity index (χ1) is 13.3. The zero-order valence-electron chi connectivity index (χ0n) is 16.7. The van der Waals surface area contributed by atoms with Gasteiger partial charge in [0, 0.05) is 35.5 Å². The molecule has 0 saturated carbocycles. The minimum atomic E-state index is -3.54. The summed E-state index contributed by atoms with van der Waals surface area (Å²) >= 11 is 7.37. The van der Waals surface area contributed by atoms with Gasteiger partial charge in [0.1, 0.15) is 0 Å². The van der Waals surface area contributed by atoms with E-state index in [2.05, 4.69) is 30.6 Å². The van der Waals surface area contributed by atoms with Gasteiger partial charge < -0.3 is 0 Å². The fraction of sp³-hybridized carbons (Fsp3) is 0.474. The second-order valence-corrected chi connectivity index (χ2v) is 9.77. The SMILES string of the molecule is C=C(Cl)CSc1nnc(-c2cccc(S(=O)(=O)N(CC)CC)c2)n1C(C)CC. The molecule has 1 heterocycles. The van der Waals surface area contributed by atoms with Crippen LogP contribution in [0.3, 0.4) is 0 Å². The van der Waals surface area contributed by atoms with Gasteiger partial charge in [0.2, 0.25) is 10.0 Å². The number of hydrogen-bond donors (Lipinski definition) is 0. The van der Waals surface area contributed by atoms with E-state index >= 15 is 0 Å². The van der Waals surface area contributed by atoms with Crippen LogP contribution in [-0.2, 0) is 10.0 Å². The van der Waals surface area contributed by atoms with Crippen molar-refractivity contribution in [2.24, 2.45) is 0 Å². The zero-order valence-corrected chi connectivity index (χ0v) is 19.1. The molecule has 1 aromatic carbocycles. The number of halogens is 1. The molecule has 6 nitrogen and oxygen atoms in total. The minimum absolute atomic E-state index is 0.152. The number of aromatic nitrogens is 3. The molecule has 2 rings (SSSR count). The molecular weight excluding hydrogens is 416 g/mol. The minimum Gasteiger partial charge on any atom is -0.299 e. The van der Waals surface area contributed by atoms with Crippen LogP contribution in [0, 0.1) is 0 Å². The summed E-state index contributed by atoms with van der Waals surface area (Å²) in [4.78, 5) is 0.260. The van der Waals surface area contributed by atoms with Gasteiger partial charge in [-0.1, -0.05) is 62.8 Å². The average Bonchev–Trinajstić information content (AvgIpc) is 3.10. The third kappa shape index (κ3) is 4.97. The van der Waals surface area contributed by atoms with Gasteiger partial charge in [-0.3, -0.25) is 4.57 Å². The van der Waals surface area contributed by atoms with Crippen molar-refractivity contribution >= 4 is 33.4 Å². The molecule has 0 bridgehead atoms. The molecule has 0 spiro atoms. The summed E-state index contributed by atoms with van der Waals surface area (Å²) in [6.07, 6.45) is 0.887. The van der Waals surface area contributed by atoms with Crippen LogP contribution in [0.1, 0.15) is 40.2 Å². The molecule has 1 unspecified atom stereocenters. The first-order valence-electron chi connectivity index (χ1n) is 9.27. The third-order valence-corrected chi connectivity index (χ3v) is 7.86. The van der Waals surface area contributed by atoms with Crippen molar-refractivity contribution in [2.45, 2.75) is 50.2 Å². The fourth-order valence-electron chi connectivity index (χ4n) is 2.80. The zero-order chi connectivity index (χ0) is 20.9. The van der Waals surface area contributed by atoms with Crippen molar-refractivity contribution in [1.29, 1.82) is 0 Å². The van der Waals surface area contributed by atoms with E-state index < -0.39 is 10.0 Å². The van der Waals surface area contributed by atoms with E-state index in [9.17, 15) is 8.42 Å². The highest BCUT2D eigenvalue weighted by Crippen LogP contribution is 2.31. The molecule has 2 aromatic rings. The molecule has 28 heavy (non-hydrogen) atoms. The van der Waals surface area contributed by atoms with Crippen molar-refractivity contribution in [3.63, 3.8) is 0 Å². The molecule has 154 valence electrons. The first-order valence-corrected chi connectivity index (χ1v) is 12.1. The number of rotatable bonds is 10. The number of benzene rings is 1. The normalized spacial score (nSPS) is 13.1. The second kappa shape index (κ2) is 9.91. The Bertz CT molecular complexity index is 924. The summed E-state index contributed by atoms with van der Waals surface area (Å²) in [5.74, 6) is 1.18. The number of thioether (sulfide) groups is 1. The predicted octanol–water partition coefficient (Wildman–Crippen LogP) is 4.79. The van der Waals surface area contributed by atoms with Crippen LogP contribution in [0.25, 0.3) is 11.4 Å². The highest BCUT2D eigenvalue weighted by atomic mass is 35.5. The van der Waals surface area contributed by atoms with Gasteiger partial charge in [0.25, 0.3) is 0 Å². The maximum atomic E-state index is 12.9. The van der Waals surface area contributed by atoms with Crippen molar-refractivity contribution in [3.05, 3.63) is 35.9 Å². The van der Waals surface area contributed by atoms with Gasteiger partial charge in [0.15, 0.2) is 11.0 Å². The van der Waals surface area contributed by atoms with Gasteiger partial charge in [0.05, 0.1) is 4.90 Å². The molecular formula is C19H27ClN4O2S2. The molecule has 0 aliphatic carbocycles. The van der Waals surface area contributed by atoms with Crippen LogP contribution in [0.2, 0.25) is 0 Å². The summed E-state index contributed by atoms with van der Waals surface area (Å²) < 4.78 is 29.3. The van der Waals surface area contributed by atoms with Crippen LogP contribution < -0.4 is 0 Å². The maximum Gasteiger partial charge on any atom is 0.243 e. The van der Waals surface area contributed by atoms with Crippen molar-refractivity contribution in [3.8, 4) is 11.4 Å². The largest absolute Gasteiger partial charge is 0.299 e. The lowest BCUT2D eigenvalue weighted by Gasteiger charge is -2.19. The Morgan fingerprint density at radius 2 is 1.96 bits per heavy atom. The Balaban J connectivity index is 2.52.